The van der Waals surface area contributed by atoms with Crippen molar-refractivity contribution >= 4 is 0 Å². The molecule has 20 heavy (non-hydrogen) atoms. The molecule has 1 heterocycles. The molecule has 1 aliphatic carbocycles. The Morgan fingerprint density at radius 3 is 2.60 bits per heavy atom. The minimum atomic E-state index is 0.622. The van der Waals surface area contributed by atoms with E-state index in [0.717, 1.165) is 6.54 Å². The van der Waals surface area contributed by atoms with Crippen LogP contribution in [0.1, 0.15) is 55.0 Å². The minimum Gasteiger partial charge on any atom is -0.330 e. The van der Waals surface area contributed by atoms with Crippen LogP contribution in [0.25, 0.3) is 0 Å². The molecule has 0 atom stereocenters. The summed E-state index contributed by atoms with van der Waals surface area (Å²) in [7, 11) is 0. The van der Waals surface area contributed by atoms with Crippen molar-refractivity contribution in [3.05, 3.63) is 53.6 Å². The predicted octanol–water partition coefficient (Wildman–Crippen LogP) is 3.85. The molecule has 1 saturated carbocycles. The van der Waals surface area contributed by atoms with Crippen LogP contribution in [0.3, 0.4) is 0 Å². The van der Waals surface area contributed by atoms with E-state index in [9.17, 15) is 0 Å². The maximum absolute atomic E-state index is 8.83. The predicted molar refractivity (Wildman–Crippen MR) is 78.3 cm³/mol. The van der Waals surface area contributed by atoms with Gasteiger partial charge in [0.15, 0.2) is 0 Å². The van der Waals surface area contributed by atoms with Crippen LogP contribution in [0.5, 0.6) is 0 Å². The van der Waals surface area contributed by atoms with Crippen molar-refractivity contribution < 1.29 is 0 Å². The minimum absolute atomic E-state index is 0.622. The Morgan fingerprint density at radius 1 is 1.15 bits per heavy atom. The van der Waals surface area contributed by atoms with Crippen LogP contribution in [-0.2, 0) is 6.54 Å². The zero-order valence-electron chi connectivity index (χ0n) is 11.6. The molecule has 1 aromatic heterocycles. The van der Waals surface area contributed by atoms with Crippen LogP contribution in [0.4, 0.5) is 0 Å². The van der Waals surface area contributed by atoms with Crippen LogP contribution in [-0.4, -0.2) is 9.55 Å². The van der Waals surface area contributed by atoms with Crippen molar-refractivity contribution in [2.45, 2.75) is 44.6 Å². The SMILES string of the molecule is N#Cc1ccc(Cn2ccnc2C2CCCCC2)cc1. The van der Waals surface area contributed by atoms with E-state index >= 15 is 0 Å². The third-order valence-corrected chi connectivity index (χ3v) is 4.15. The lowest BCUT2D eigenvalue weighted by Gasteiger charge is -2.22. The summed E-state index contributed by atoms with van der Waals surface area (Å²) in [4.78, 5) is 4.58. The molecule has 0 radical (unpaired) electrons. The average Bonchev–Trinajstić information content (AvgIpc) is 2.97. The second kappa shape index (κ2) is 5.92. The van der Waals surface area contributed by atoms with E-state index in [1.165, 1.54) is 43.5 Å². The summed E-state index contributed by atoms with van der Waals surface area (Å²) in [5.41, 5.74) is 1.94. The fourth-order valence-electron chi connectivity index (χ4n) is 3.06. The van der Waals surface area contributed by atoms with E-state index in [2.05, 4.69) is 21.8 Å². The zero-order chi connectivity index (χ0) is 13.8. The van der Waals surface area contributed by atoms with Crippen molar-refractivity contribution in [2.75, 3.05) is 0 Å². The van der Waals surface area contributed by atoms with E-state index in [1.54, 1.807) is 0 Å². The van der Waals surface area contributed by atoms with Gasteiger partial charge in [-0.3, -0.25) is 0 Å². The van der Waals surface area contributed by atoms with Gasteiger partial charge in [0.25, 0.3) is 0 Å². The first-order valence-electron chi connectivity index (χ1n) is 7.37. The summed E-state index contributed by atoms with van der Waals surface area (Å²) in [6.07, 6.45) is 10.5. The molecule has 102 valence electrons. The molecule has 1 aliphatic rings. The van der Waals surface area contributed by atoms with Crippen molar-refractivity contribution in [3.63, 3.8) is 0 Å². The van der Waals surface area contributed by atoms with Crippen LogP contribution in [0.15, 0.2) is 36.7 Å². The van der Waals surface area contributed by atoms with Gasteiger partial charge in [0.2, 0.25) is 0 Å². The van der Waals surface area contributed by atoms with Crippen molar-refractivity contribution in [2.24, 2.45) is 0 Å². The fourth-order valence-corrected chi connectivity index (χ4v) is 3.06. The second-order valence-corrected chi connectivity index (χ2v) is 5.56. The highest BCUT2D eigenvalue weighted by Gasteiger charge is 2.19. The molecule has 2 aromatic rings. The Morgan fingerprint density at radius 2 is 1.90 bits per heavy atom. The van der Waals surface area contributed by atoms with Gasteiger partial charge < -0.3 is 4.57 Å². The van der Waals surface area contributed by atoms with Gasteiger partial charge in [-0.15, -0.1) is 0 Å². The van der Waals surface area contributed by atoms with Crippen molar-refractivity contribution in [1.29, 1.82) is 5.26 Å². The average molecular weight is 265 g/mol. The first-order valence-corrected chi connectivity index (χ1v) is 7.37. The van der Waals surface area contributed by atoms with E-state index in [0.29, 0.717) is 11.5 Å². The normalized spacial score (nSPS) is 15.9. The Balaban J connectivity index is 1.77. The number of hydrogen-bond donors (Lipinski definition) is 0. The van der Waals surface area contributed by atoms with Gasteiger partial charge in [-0.2, -0.15) is 5.26 Å². The van der Waals surface area contributed by atoms with Gasteiger partial charge in [-0.05, 0) is 30.5 Å². The maximum atomic E-state index is 8.83. The largest absolute Gasteiger partial charge is 0.330 e. The molecule has 0 amide bonds. The Labute approximate surface area is 119 Å². The first kappa shape index (κ1) is 12.9. The molecule has 3 rings (SSSR count). The molecule has 1 aromatic carbocycles. The maximum Gasteiger partial charge on any atom is 0.112 e. The van der Waals surface area contributed by atoms with Gasteiger partial charge in [0, 0.05) is 24.9 Å². The van der Waals surface area contributed by atoms with Gasteiger partial charge in [0.05, 0.1) is 11.6 Å². The van der Waals surface area contributed by atoms with E-state index in [4.69, 9.17) is 5.26 Å². The highest BCUT2D eigenvalue weighted by molar-refractivity contribution is 5.31. The molecule has 3 heteroatoms. The van der Waals surface area contributed by atoms with Crippen LogP contribution in [0.2, 0.25) is 0 Å². The smallest absolute Gasteiger partial charge is 0.112 e. The number of hydrogen-bond acceptors (Lipinski definition) is 2. The molecule has 0 unspecified atom stereocenters. The number of nitriles is 1. The molecular weight excluding hydrogens is 246 g/mol. The zero-order valence-corrected chi connectivity index (χ0v) is 11.6. The molecular formula is C17H19N3. The molecule has 3 nitrogen and oxygen atoms in total. The molecule has 0 saturated heterocycles. The number of rotatable bonds is 3. The molecule has 1 fully saturated rings. The summed E-state index contributed by atoms with van der Waals surface area (Å²) in [6.45, 7) is 0.845. The Kier molecular flexibility index (Phi) is 3.83. The number of benzene rings is 1. The lowest BCUT2D eigenvalue weighted by atomic mass is 9.88. The van der Waals surface area contributed by atoms with Crippen molar-refractivity contribution in [1.82, 2.24) is 9.55 Å². The third kappa shape index (κ3) is 2.75. The summed E-state index contributed by atoms with van der Waals surface area (Å²) >= 11 is 0. The second-order valence-electron chi connectivity index (χ2n) is 5.56. The molecule has 0 aliphatic heterocycles. The lowest BCUT2D eigenvalue weighted by molar-refractivity contribution is 0.418. The van der Waals surface area contributed by atoms with Gasteiger partial charge in [-0.25, -0.2) is 4.98 Å². The van der Waals surface area contributed by atoms with Crippen molar-refractivity contribution in [3.8, 4) is 6.07 Å². The summed E-state index contributed by atoms with van der Waals surface area (Å²) < 4.78 is 2.26. The first-order chi connectivity index (χ1) is 9.86. The van der Waals surface area contributed by atoms with Gasteiger partial charge in [0.1, 0.15) is 5.82 Å². The van der Waals surface area contributed by atoms with Crippen LogP contribution in [0, 0.1) is 11.3 Å². The fraction of sp³-hybridized carbons (Fsp3) is 0.412. The standard InChI is InChI=1S/C17H19N3/c18-12-14-6-8-15(9-7-14)13-20-11-10-19-17(20)16-4-2-1-3-5-16/h6-11,16H,1-5,13H2. The monoisotopic (exact) mass is 265 g/mol. The quantitative estimate of drug-likeness (QED) is 0.845. The summed E-state index contributed by atoms with van der Waals surface area (Å²) in [6, 6.07) is 9.98. The van der Waals surface area contributed by atoms with Crippen LogP contribution >= 0.6 is 0 Å². The third-order valence-electron chi connectivity index (χ3n) is 4.15. The van der Waals surface area contributed by atoms with Gasteiger partial charge >= 0.3 is 0 Å². The summed E-state index contributed by atoms with van der Waals surface area (Å²) in [5, 5.41) is 8.83. The summed E-state index contributed by atoms with van der Waals surface area (Å²) in [5.74, 6) is 1.85. The van der Waals surface area contributed by atoms with E-state index in [1.807, 2.05) is 30.5 Å². The molecule has 0 N–H and O–H groups in total. The van der Waals surface area contributed by atoms with Gasteiger partial charge in [-0.1, -0.05) is 31.4 Å². The number of imidazole rings is 1. The van der Waals surface area contributed by atoms with E-state index in [-0.39, 0.29) is 0 Å². The van der Waals surface area contributed by atoms with Crippen LogP contribution < -0.4 is 0 Å². The number of aromatic nitrogens is 2. The molecule has 0 spiro atoms. The topological polar surface area (TPSA) is 41.6 Å². The van der Waals surface area contributed by atoms with E-state index < -0.39 is 0 Å². The highest BCUT2D eigenvalue weighted by atomic mass is 15.1. The Hall–Kier alpha value is -2.08. The molecule has 0 bridgehead atoms. The number of nitrogens with zero attached hydrogens (tertiary/aromatic N) is 3. The highest BCUT2D eigenvalue weighted by Crippen LogP contribution is 2.31. The Bertz CT molecular complexity index is 598. The lowest BCUT2D eigenvalue weighted by Crippen LogP contribution is -2.12.